The molecule has 0 saturated carbocycles. The highest BCUT2D eigenvalue weighted by Gasteiger charge is 2.36. The van der Waals surface area contributed by atoms with Gasteiger partial charge in [-0.15, -0.1) is 0 Å². The van der Waals surface area contributed by atoms with Gasteiger partial charge in [-0.05, 0) is 19.1 Å². The summed E-state index contributed by atoms with van der Waals surface area (Å²) in [7, 11) is 1.57. The van der Waals surface area contributed by atoms with Crippen molar-refractivity contribution in [3.05, 3.63) is 47.2 Å². The summed E-state index contributed by atoms with van der Waals surface area (Å²) in [6.45, 7) is 8.16. The van der Waals surface area contributed by atoms with Crippen molar-refractivity contribution < 1.29 is 18.0 Å². The molecule has 7 nitrogen and oxygen atoms in total. The summed E-state index contributed by atoms with van der Waals surface area (Å²) in [4.78, 5) is 18.5. The number of carbonyl (C=O) groups excluding carboxylic acids is 1. The Morgan fingerprint density at radius 3 is 2.48 bits per heavy atom. The molecule has 0 aliphatic carbocycles. The van der Waals surface area contributed by atoms with Crippen molar-refractivity contribution in [3.8, 4) is 0 Å². The highest BCUT2D eigenvalue weighted by Crippen LogP contribution is 2.32. The average molecular weight is 408 g/mol. The van der Waals surface area contributed by atoms with Gasteiger partial charge >= 0.3 is 6.18 Å². The van der Waals surface area contributed by atoms with Crippen LogP contribution in [-0.4, -0.2) is 42.2 Å². The van der Waals surface area contributed by atoms with Crippen LogP contribution in [0.2, 0.25) is 0 Å². The minimum atomic E-state index is -4.63. The maximum absolute atomic E-state index is 13.6. The molecule has 3 aromatic rings. The third-order valence-corrected chi connectivity index (χ3v) is 4.56. The molecule has 0 saturated heterocycles. The molecule has 0 atom stereocenters. The van der Waals surface area contributed by atoms with Crippen LogP contribution in [0.1, 0.15) is 55.3 Å². The standard InChI is InChI=1S/C19H23F3N6O/c1-6-27-12(7-8-23-27)11-26(5)17(29)13-9-16-24-14(18(2,3)4)10-15(19(20,21)22)28(16)25-13/h7-10H,6,11H2,1-5H3. The van der Waals surface area contributed by atoms with Crippen LogP contribution >= 0.6 is 0 Å². The van der Waals surface area contributed by atoms with Crippen LogP contribution in [0.15, 0.2) is 24.4 Å². The van der Waals surface area contributed by atoms with E-state index in [2.05, 4.69) is 15.2 Å². The lowest BCUT2D eigenvalue weighted by Crippen LogP contribution is -2.28. The van der Waals surface area contributed by atoms with Gasteiger partial charge in [-0.25, -0.2) is 9.50 Å². The fraction of sp³-hybridized carbons (Fsp3) is 0.474. The van der Waals surface area contributed by atoms with E-state index in [1.807, 2.05) is 6.92 Å². The van der Waals surface area contributed by atoms with Crippen molar-refractivity contribution in [3.63, 3.8) is 0 Å². The Kier molecular flexibility index (Phi) is 5.14. The van der Waals surface area contributed by atoms with Gasteiger partial charge in [0.05, 0.1) is 17.9 Å². The quantitative estimate of drug-likeness (QED) is 0.662. The lowest BCUT2D eigenvalue weighted by atomic mass is 9.91. The van der Waals surface area contributed by atoms with Crippen molar-refractivity contribution in [1.29, 1.82) is 0 Å². The molecule has 156 valence electrons. The smallest absolute Gasteiger partial charge is 0.334 e. The Hall–Kier alpha value is -2.91. The summed E-state index contributed by atoms with van der Waals surface area (Å²) in [5, 5.41) is 8.07. The minimum absolute atomic E-state index is 0.0138. The predicted molar refractivity (Wildman–Crippen MR) is 100 cm³/mol. The third kappa shape index (κ3) is 4.10. The van der Waals surface area contributed by atoms with E-state index in [4.69, 9.17) is 0 Å². The summed E-state index contributed by atoms with van der Waals surface area (Å²) < 4.78 is 43.2. The first kappa shape index (κ1) is 20.8. The molecule has 29 heavy (non-hydrogen) atoms. The Morgan fingerprint density at radius 1 is 1.21 bits per heavy atom. The number of carbonyl (C=O) groups is 1. The number of halogens is 3. The highest BCUT2D eigenvalue weighted by atomic mass is 19.4. The number of rotatable bonds is 4. The molecule has 0 spiro atoms. The molecule has 3 rings (SSSR count). The minimum Gasteiger partial charge on any atom is -0.334 e. The van der Waals surface area contributed by atoms with Gasteiger partial charge in [0, 0.05) is 31.3 Å². The van der Waals surface area contributed by atoms with Gasteiger partial charge < -0.3 is 4.90 Å². The van der Waals surface area contributed by atoms with Gasteiger partial charge in [0.15, 0.2) is 11.3 Å². The van der Waals surface area contributed by atoms with Crippen LogP contribution in [0.25, 0.3) is 5.65 Å². The molecule has 10 heteroatoms. The topological polar surface area (TPSA) is 68.3 Å². The number of amides is 1. The number of hydrogen-bond acceptors (Lipinski definition) is 4. The molecule has 0 aliphatic rings. The molecule has 0 aromatic carbocycles. The number of fused-ring (bicyclic) bond motifs is 1. The maximum Gasteiger partial charge on any atom is 0.433 e. The summed E-state index contributed by atoms with van der Waals surface area (Å²) in [5.41, 5.74) is -0.573. The van der Waals surface area contributed by atoms with Crippen molar-refractivity contribution in [2.75, 3.05) is 7.05 Å². The first-order valence-electron chi connectivity index (χ1n) is 9.16. The fourth-order valence-electron chi connectivity index (χ4n) is 2.95. The molecule has 0 unspecified atom stereocenters. The third-order valence-electron chi connectivity index (χ3n) is 4.56. The lowest BCUT2D eigenvalue weighted by molar-refractivity contribution is -0.142. The molecule has 3 aromatic heterocycles. The monoisotopic (exact) mass is 408 g/mol. The predicted octanol–water partition coefficient (Wildman–Crippen LogP) is 3.53. The van der Waals surface area contributed by atoms with Crippen LogP contribution < -0.4 is 0 Å². The molecule has 0 fully saturated rings. The molecule has 0 bridgehead atoms. The van der Waals surface area contributed by atoms with Gasteiger partial charge in [-0.1, -0.05) is 20.8 Å². The molecule has 0 radical (unpaired) electrons. The zero-order chi connectivity index (χ0) is 21.6. The zero-order valence-corrected chi connectivity index (χ0v) is 16.9. The maximum atomic E-state index is 13.6. The molecule has 1 amide bonds. The molecule has 0 aliphatic heterocycles. The second-order valence-corrected chi connectivity index (χ2v) is 7.87. The van der Waals surface area contributed by atoms with Crippen molar-refractivity contribution in [1.82, 2.24) is 29.3 Å². The van der Waals surface area contributed by atoms with E-state index in [-0.39, 0.29) is 23.6 Å². The van der Waals surface area contributed by atoms with Crippen molar-refractivity contribution in [2.45, 2.75) is 52.4 Å². The van der Waals surface area contributed by atoms with E-state index in [1.54, 1.807) is 44.8 Å². The fourth-order valence-corrected chi connectivity index (χ4v) is 2.95. The van der Waals surface area contributed by atoms with Crippen LogP contribution in [-0.2, 0) is 24.7 Å². The SMILES string of the molecule is CCn1nccc1CN(C)C(=O)c1cc2nc(C(C)(C)C)cc(C(F)(F)F)n2n1. The summed E-state index contributed by atoms with van der Waals surface area (Å²) in [6, 6.07) is 4.06. The zero-order valence-electron chi connectivity index (χ0n) is 16.9. The first-order valence-corrected chi connectivity index (χ1v) is 9.16. The average Bonchev–Trinajstić information content (AvgIpc) is 3.24. The molecular weight excluding hydrogens is 385 g/mol. The van der Waals surface area contributed by atoms with E-state index in [0.29, 0.717) is 11.1 Å². The molecular formula is C19H23F3N6O. The molecule has 3 heterocycles. The number of nitrogens with zero attached hydrogens (tertiary/aromatic N) is 6. The van der Waals surface area contributed by atoms with Gasteiger partial charge in [0.25, 0.3) is 5.91 Å². The Labute approximate surface area is 166 Å². The number of alkyl halides is 3. The van der Waals surface area contributed by atoms with E-state index < -0.39 is 23.2 Å². The van der Waals surface area contributed by atoms with Gasteiger partial charge in [-0.3, -0.25) is 9.48 Å². The van der Waals surface area contributed by atoms with Gasteiger partial charge in [0.2, 0.25) is 0 Å². The van der Waals surface area contributed by atoms with Crippen LogP contribution in [0, 0.1) is 0 Å². The second-order valence-electron chi connectivity index (χ2n) is 7.87. The van der Waals surface area contributed by atoms with Crippen molar-refractivity contribution >= 4 is 11.6 Å². The van der Waals surface area contributed by atoms with Crippen LogP contribution in [0.3, 0.4) is 0 Å². The van der Waals surface area contributed by atoms with Crippen molar-refractivity contribution in [2.24, 2.45) is 0 Å². The van der Waals surface area contributed by atoms with Crippen LogP contribution in [0.4, 0.5) is 13.2 Å². The lowest BCUT2D eigenvalue weighted by Gasteiger charge is -2.19. The van der Waals surface area contributed by atoms with E-state index in [1.165, 1.54) is 11.0 Å². The normalized spacial score (nSPS) is 12.6. The number of hydrogen-bond donors (Lipinski definition) is 0. The van der Waals surface area contributed by atoms with E-state index >= 15 is 0 Å². The van der Waals surface area contributed by atoms with E-state index in [0.717, 1.165) is 11.8 Å². The first-order chi connectivity index (χ1) is 13.4. The Bertz CT molecular complexity index is 1040. The van der Waals surface area contributed by atoms with Gasteiger partial charge in [-0.2, -0.15) is 23.4 Å². The Morgan fingerprint density at radius 2 is 1.90 bits per heavy atom. The van der Waals surface area contributed by atoms with Crippen LogP contribution in [0.5, 0.6) is 0 Å². The Balaban J connectivity index is 2.01. The molecule has 0 N–H and O–H groups in total. The highest BCUT2D eigenvalue weighted by molar-refractivity contribution is 5.93. The summed E-state index contributed by atoms with van der Waals surface area (Å²) in [5.74, 6) is -0.496. The van der Waals surface area contributed by atoms with E-state index in [9.17, 15) is 18.0 Å². The van der Waals surface area contributed by atoms with Gasteiger partial charge in [0.1, 0.15) is 5.69 Å². The second kappa shape index (κ2) is 7.16. The summed E-state index contributed by atoms with van der Waals surface area (Å²) in [6.07, 6.45) is -3.00. The largest absolute Gasteiger partial charge is 0.433 e. The summed E-state index contributed by atoms with van der Waals surface area (Å²) >= 11 is 0. The number of aryl methyl sites for hydroxylation is 1. The number of aromatic nitrogens is 5.